The van der Waals surface area contributed by atoms with Crippen molar-refractivity contribution in [2.75, 3.05) is 29.6 Å². The van der Waals surface area contributed by atoms with Crippen LogP contribution in [0.4, 0.5) is 11.4 Å². The SMILES string of the molecule is CCN(CCC(=O)Nc1ccccc1SC)c1ccccc1. The average molecular weight is 314 g/mol. The van der Waals surface area contributed by atoms with Crippen LogP contribution in [0.1, 0.15) is 13.3 Å². The largest absolute Gasteiger partial charge is 0.371 e. The molecule has 0 aliphatic rings. The van der Waals surface area contributed by atoms with E-state index in [1.807, 2.05) is 48.7 Å². The number of para-hydroxylation sites is 2. The Balaban J connectivity index is 1.92. The van der Waals surface area contributed by atoms with Crippen LogP contribution in [0.5, 0.6) is 0 Å². The second-order valence-corrected chi connectivity index (χ2v) is 5.76. The highest BCUT2D eigenvalue weighted by molar-refractivity contribution is 7.98. The number of hydrogen-bond acceptors (Lipinski definition) is 3. The average Bonchev–Trinajstić information content (AvgIpc) is 2.57. The first-order chi connectivity index (χ1) is 10.7. The quantitative estimate of drug-likeness (QED) is 0.775. The summed E-state index contributed by atoms with van der Waals surface area (Å²) in [5, 5.41) is 3.01. The molecule has 22 heavy (non-hydrogen) atoms. The summed E-state index contributed by atoms with van der Waals surface area (Å²) in [5.74, 6) is 0.0517. The first-order valence-corrected chi connectivity index (χ1v) is 8.70. The molecule has 2 aromatic carbocycles. The first kappa shape index (κ1) is 16.4. The number of anilines is 2. The maximum atomic E-state index is 12.2. The molecule has 3 nitrogen and oxygen atoms in total. The molecule has 0 saturated carbocycles. The molecular formula is C18H22N2OS. The van der Waals surface area contributed by atoms with Crippen LogP contribution < -0.4 is 10.2 Å². The summed E-state index contributed by atoms with van der Waals surface area (Å²) in [5.41, 5.74) is 2.05. The molecule has 0 fully saturated rings. The zero-order valence-electron chi connectivity index (χ0n) is 13.1. The Labute approximate surface area is 136 Å². The van der Waals surface area contributed by atoms with Gasteiger partial charge in [-0.05, 0) is 37.4 Å². The monoisotopic (exact) mass is 314 g/mol. The smallest absolute Gasteiger partial charge is 0.226 e. The molecule has 2 rings (SSSR count). The summed E-state index contributed by atoms with van der Waals surface area (Å²) >= 11 is 1.64. The second kappa shape index (κ2) is 8.49. The van der Waals surface area contributed by atoms with Crippen molar-refractivity contribution < 1.29 is 4.79 Å². The molecule has 116 valence electrons. The molecule has 0 heterocycles. The van der Waals surface area contributed by atoms with Gasteiger partial charge in [-0.1, -0.05) is 30.3 Å². The normalized spacial score (nSPS) is 10.3. The van der Waals surface area contributed by atoms with E-state index in [1.54, 1.807) is 11.8 Å². The summed E-state index contributed by atoms with van der Waals surface area (Å²) in [7, 11) is 0. The lowest BCUT2D eigenvalue weighted by Crippen LogP contribution is -2.27. The first-order valence-electron chi connectivity index (χ1n) is 7.47. The fourth-order valence-corrected chi connectivity index (χ4v) is 2.86. The molecule has 1 amide bonds. The highest BCUT2D eigenvalue weighted by atomic mass is 32.2. The number of rotatable bonds is 7. The lowest BCUT2D eigenvalue weighted by atomic mass is 10.2. The topological polar surface area (TPSA) is 32.3 Å². The Kier molecular flexibility index (Phi) is 6.34. The lowest BCUT2D eigenvalue weighted by molar-refractivity contribution is -0.116. The van der Waals surface area contributed by atoms with Crippen LogP contribution >= 0.6 is 11.8 Å². The van der Waals surface area contributed by atoms with Crippen molar-refractivity contribution in [2.24, 2.45) is 0 Å². The van der Waals surface area contributed by atoms with Gasteiger partial charge in [0.05, 0.1) is 5.69 Å². The van der Waals surface area contributed by atoms with E-state index in [9.17, 15) is 4.79 Å². The van der Waals surface area contributed by atoms with E-state index in [2.05, 4.69) is 29.3 Å². The van der Waals surface area contributed by atoms with Crippen molar-refractivity contribution in [3.8, 4) is 0 Å². The summed E-state index contributed by atoms with van der Waals surface area (Å²) in [6, 6.07) is 18.1. The molecule has 0 aliphatic carbocycles. The number of benzene rings is 2. The maximum Gasteiger partial charge on any atom is 0.226 e. The fraction of sp³-hybridized carbons (Fsp3) is 0.278. The Hall–Kier alpha value is -1.94. The van der Waals surface area contributed by atoms with Gasteiger partial charge in [0, 0.05) is 30.1 Å². The van der Waals surface area contributed by atoms with E-state index in [4.69, 9.17) is 0 Å². The van der Waals surface area contributed by atoms with Crippen molar-refractivity contribution in [3.05, 3.63) is 54.6 Å². The van der Waals surface area contributed by atoms with E-state index in [-0.39, 0.29) is 5.91 Å². The van der Waals surface area contributed by atoms with Crippen LogP contribution in [0.25, 0.3) is 0 Å². The predicted octanol–water partition coefficient (Wildman–Crippen LogP) is 4.26. The number of carbonyl (C=O) groups is 1. The standard InChI is InChI=1S/C18H22N2OS/c1-3-20(15-9-5-4-6-10-15)14-13-18(21)19-16-11-7-8-12-17(16)22-2/h4-12H,3,13-14H2,1-2H3,(H,19,21). The van der Waals surface area contributed by atoms with Crippen molar-refractivity contribution in [2.45, 2.75) is 18.2 Å². The molecule has 2 aromatic rings. The summed E-state index contributed by atoms with van der Waals surface area (Å²) in [6.07, 6.45) is 2.49. The molecule has 0 saturated heterocycles. The second-order valence-electron chi connectivity index (χ2n) is 4.91. The zero-order chi connectivity index (χ0) is 15.8. The summed E-state index contributed by atoms with van der Waals surface area (Å²) in [6.45, 7) is 3.71. The van der Waals surface area contributed by atoms with Gasteiger partial charge < -0.3 is 10.2 Å². The van der Waals surface area contributed by atoms with Gasteiger partial charge in [0.2, 0.25) is 5.91 Å². The Morgan fingerprint density at radius 3 is 2.45 bits per heavy atom. The molecular weight excluding hydrogens is 292 g/mol. The van der Waals surface area contributed by atoms with Crippen LogP contribution in [0.3, 0.4) is 0 Å². The molecule has 0 spiro atoms. The van der Waals surface area contributed by atoms with Gasteiger partial charge >= 0.3 is 0 Å². The van der Waals surface area contributed by atoms with Crippen molar-refractivity contribution >= 4 is 29.0 Å². The molecule has 0 bridgehead atoms. The highest BCUT2D eigenvalue weighted by Crippen LogP contribution is 2.24. The van der Waals surface area contributed by atoms with E-state index in [1.165, 1.54) is 0 Å². The number of carbonyl (C=O) groups excluding carboxylic acids is 1. The Bertz CT molecular complexity index is 601. The fourth-order valence-electron chi connectivity index (χ4n) is 2.31. The van der Waals surface area contributed by atoms with Crippen LogP contribution in [-0.2, 0) is 4.79 Å². The minimum absolute atomic E-state index is 0.0517. The minimum atomic E-state index is 0.0517. The maximum absolute atomic E-state index is 12.2. The van der Waals surface area contributed by atoms with Crippen molar-refractivity contribution in [1.29, 1.82) is 0 Å². The third-order valence-corrected chi connectivity index (χ3v) is 4.29. The van der Waals surface area contributed by atoms with Crippen LogP contribution in [0.15, 0.2) is 59.5 Å². The number of nitrogens with one attached hydrogen (secondary N) is 1. The third-order valence-electron chi connectivity index (χ3n) is 3.49. The Morgan fingerprint density at radius 2 is 1.77 bits per heavy atom. The number of nitrogens with zero attached hydrogens (tertiary/aromatic N) is 1. The highest BCUT2D eigenvalue weighted by Gasteiger charge is 2.09. The molecule has 0 unspecified atom stereocenters. The molecule has 0 aromatic heterocycles. The van der Waals surface area contributed by atoms with Gasteiger partial charge in [-0.15, -0.1) is 11.8 Å². The number of amides is 1. The van der Waals surface area contributed by atoms with Gasteiger partial charge in [0.15, 0.2) is 0 Å². The van der Waals surface area contributed by atoms with E-state index >= 15 is 0 Å². The van der Waals surface area contributed by atoms with Crippen molar-refractivity contribution in [3.63, 3.8) is 0 Å². The molecule has 0 aliphatic heterocycles. The predicted molar refractivity (Wildman–Crippen MR) is 95.8 cm³/mol. The summed E-state index contributed by atoms with van der Waals surface area (Å²) < 4.78 is 0. The van der Waals surface area contributed by atoms with Crippen molar-refractivity contribution in [1.82, 2.24) is 0 Å². The summed E-state index contributed by atoms with van der Waals surface area (Å²) in [4.78, 5) is 15.5. The molecule has 0 atom stereocenters. The minimum Gasteiger partial charge on any atom is -0.371 e. The zero-order valence-corrected chi connectivity index (χ0v) is 13.9. The number of thioether (sulfide) groups is 1. The number of hydrogen-bond donors (Lipinski definition) is 1. The third kappa shape index (κ3) is 4.53. The molecule has 4 heteroatoms. The van der Waals surface area contributed by atoms with E-state index in [0.29, 0.717) is 13.0 Å². The van der Waals surface area contributed by atoms with Gasteiger partial charge in [0.1, 0.15) is 0 Å². The van der Waals surface area contributed by atoms with Crippen LogP contribution in [0, 0.1) is 0 Å². The van der Waals surface area contributed by atoms with Gasteiger partial charge in [0.25, 0.3) is 0 Å². The lowest BCUT2D eigenvalue weighted by Gasteiger charge is -2.22. The van der Waals surface area contributed by atoms with Crippen LogP contribution in [0.2, 0.25) is 0 Å². The van der Waals surface area contributed by atoms with Gasteiger partial charge in [-0.2, -0.15) is 0 Å². The van der Waals surface area contributed by atoms with E-state index in [0.717, 1.165) is 22.8 Å². The Morgan fingerprint density at radius 1 is 1.09 bits per heavy atom. The molecule has 1 N–H and O–H groups in total. The van der Waals surface area contributed by atoms with Gasteiger partial charge in [-0.3, -0.25) is 4.79 Å². The van der Waals surface area contributed by atoms with E-state index < -0.39 is 0 Å². The molecule has 0 radical (unpaired) electrons. The van der Waals surface area contributed by atoms with Gasteiger partial charge in [-0.25, -0.2) is 0 Å². The van der Waals surface area contributed by atoms with Crippen LogP contribution in [-0.4, -0.2) is 25.3 Å².